The normalized spacial score (nSPS) is 11.9. The van der Waals surface area contributed by atoms with Gasteiger partial charge in [0.15, 0.2) is 17.5 Å². The van der Waals surface area contributed by atoms with Crippen molar-refractivity contribution in [3.8, 4) is 57.3 Å². The molecule has 8 nitrogen and oxygen atoms in total. The van der Waals surface area contributed by atoms with E-state index in [1.165, 1.54) is 0 Å². The number of nitriles is 1. The Morgan fingerprint density at radius 2 is 0.847 bits per heavy atom. The van der Waals surface area contributed by atoms with E-state index in [4.69, 9.17) is 19.4 Å². The highest BCUT2D eigenvalue weighted by atomic mass is 16.3. The lowest BCUT2D eigenvalue weighted by molar-refractivity contribution is 0.669. The fraction of sp³-hybridized carbons (Fsp3) is 0. The van der Waals surface area contributed by atoms with Crippen LogP contribution in [0.3, 0.4) is 0 Å². The van der Waals surface area contributed by atoms with E-state index >= 15 is 0 Å². The molecule has 72 heavy (non-hydrogen) atoms. The van der Waals surface area contributed by atoms with Gasteiger partial charge in [0.25, 0.3) is 0 Å². The number of fused-ring (bicyclic) bond motifs is 13. The van der Waals surface area contributed by atoms with E-state index in [0.29, 0.717) is 39.8 Å². The second-order valence-corrected chi connectivity index (χ2v) is 18.2. The van der Waals surface area contributed by atoms with Gasteiger partial charge in [-0.2, -0.15) is 5.26 Å². The largest absolute Gasteiger partial charge is 0.455 e. The maximum Gasteiger partial charge on any atom is 0.169 e. The first kappa shape index (κ1) is 39.9. The Kier molecular flexibility index (Phi) is 8.55. The molecule has 0 aliphatic rings. The SMILES string of the molecule is N#Cc1cc(-n2c3ccccc3c3c2c(-n2c4ccccc4c4ccccc42)cc2c4ccccc4n(-c4ccccc4)c23)c2c(oc3ccccc32)c1-c1nc(-c2ccccc2)nc(-c2ccccc2)n1. The zero-order valence-electron chi connectivity index (χ0n) is 38.4. The average Bonchev–Trinajstić information content (AvgIpc) is 4.20. The molecule has 0 fully saturated rings. The molecule has 0 aliphatic heterocycles. The summed E-state index contributed by atoms with van der Waals surface area (Å²) in [6.45, 7) is 0. The Hall–Kier alpha value is -10.1. The summed E-state index contributed by atoms with van der Waals surface area (Å²) in [6, 6.07) is 80.3. The third-order valence-electron chi connectivity index (χ3n) is 14.3. The molecule has 5 aromatic heterocycles. The van der Waals surface area contributed by atoms with E-state index in [-0.39, 0.29) is 0 Å². The van der Waals surface area contributed by atoms with E-state index in [2.05, 4.69) is 159 Å². The van der Waals surface area contributed by atoms with Crippen LogP contribution in [0.5, 0.6) is 0 Å². The van der Waals surface area contributed by atoms with Crippen molar-refractivity contribution in [3.05, 3.63) is 230 Å². The van der Waals surface area contributed by atoms with Gasteiger partial charge in [-0.3, -0.25) is 0 Å². The smallest absolute Gasteiger partial charge is 0.169 e. The number of para-hydroxylation sites is 6. The first-order chi connectivity index (χ1) is 35.7. The Labute approximate surface area is 411 Å². The van der Waals surface area contributed by atoms with Crippen LogP contribution in [0.15, 0.2) is 229 Å². The maximum atomic E-state index is 11.6. The monoisotopic (exact) mass is 919 g/mol. The van der Waals surface area contributed by atoms with Crippen LogP contribution in [0.4, 0.5) is 0 Å². The molecule has 0 saturated heterocycles. The quantitative estimate of drug-likeness (QED) is 0.166. The summed E-state index contributed by atoms with van der Waals surface area (Å²) in [7, 11) is 0. The van der Waals surface area contributed by atoms with Gasteiger partial charge >= 0.3 is 0 Å². The van der Waals surface area contributed by atoms with Crippen LogP contribution >= 0.6 is 0 Å². The van der Waals surface area contributed by atoms with Crippen LogP contribution in [0.1, 0.15) is 5.56 Å². The molecule has 15 aromatic rings. The Morgan fingerprint density at radius 3 is 1.44 bits per heavy atom. The van der Waals surface area contributed by atoms with Crippen molar-refractivity contribution in [2.75, 3.05) is 0 Å². The van der Waals surface area contributed by atoms with Gasteiger partial charge in [0, 0.05) is 54.5 Å². The summed E-state index contributed by atoms with van der Waals surface area (Å²) in [4.78, 5) is 15.4. The fourth-order valence-corrected chi connectivity index (χ4v) is 11.3. The van der Waals surface area contributed by atoms with Crippen molar-refractivity contribution in [1.29, 1.82) is 5.26 Å². The van der Waals surface area contributed by atoms with Gasteiger partial charge in [-0.15, -0.1) is 0 Å². The van der Waals surface area contributed by atoms with Gasteiger partial charge in [-0.25, -0.2) is 15.0 Å². The minimum atomic E-state index is 0.345. The number of rotatable bonds is 6. The van der Waals surface area contributed by atoms with Crippen molar-refractivity contribution in [2.45, 2.75) is 0 Å². The van der Waals surface area contributed by atoms with Gasteiger partial charge < -0.3 is 18.1 Å². The first-order valence-electron chi connectivity index (χ1n) is 24.0. The summed E-state index contributed by atoms with van der Waals surface area (Å²) < 4.78 is 14.3. The van der Waals surface area contributed by atoms with E-state index in [9.17, 15) is 5.26 Å². The molecule has 0 radical (unpaired) electrons. The Bertz CT molecular complexity index is 4640. The molecule has 10 aromatic carbocycles. The number of benzene rings is 10. The van der Waals surface area contributed by atoms with E-state index in [1.54, 1.807) is 0 Å². The lowest BCUT2D eigenvalue weighted by atomic mass is 10.00. The van der Waals surface area contributed by atoms with E-state index < -0.39 is 0 Å². The highest BCUT2D eigenvalue weighted by Crippen LogP contribution is 2.49. The van der Waals surface area contributed by atoms with Gasteiger partial charge in [-0.05, 0) is 54.6 Å². The van der Waals surface area contributed by atoms with Crippen molar-refractivity contribution in [2.24, 2.45) is 0 Å². The highest BCUT2D eigenvalue weighted by Gasteiger charge is 2.30. The predicted octanol–water partition coefficient (Wildman–Crippen LogP) is 15.9. The zero-order valence-corrected chi connectivity index (χ0v) is 38.4. The fourth-order valence-electron chi connectivity index (χ4n) is 11.3. The molecule has 334 valence electrons. The van der Waals surface area contributed by atoms with Crippen molar-refractivity contribution in [3.63, 3.8) is 0 Å². The summed E-state index contributed by atoms with van der Waals surface area (Å²) in [5.41, 5.74) is 12.9. The minimum Gasteiger partial charge on any atom is -0.455 e. The molecule has 0 unspecified atom stereocenters. The van der Waals surface area contributed by atoms with Crippen molar-refractivity contribution >= 4 is 87.4 Å². The van der Waals surface area contributed by atoms with E-state index in [1.807, 2.05) is 84.9 Å². The van der Waals surface area contributed by atoms with Gasteiger partial charge in [0.2, 0.25) is 0 Å². The Morgan fingerprint density at radius 1 is 0.375 bits per heavy atom. The molecule has 8 heteroatoms. The second kappa shape index (κ2) is 15.5. The van der Waals surface area contributed by atoms with Gasteiger partial charge in [-0.1, -0.05) is 170 Å². The highest BCUT2D eigenvalue weighted by molar-refractivity contribution is 6.29. The molecule has 0 aliphatic carbocycles. The molecular weight excluding hydrogens is 883 g/mol. The summed E-state index contributed by atoms with van der Waals surface area (Å²) >= 11 is 0. The van der Waals surface area contributed by atoms with Crippen LogP contribution < -0.4 is 0 Å². The summed E-state index contributed by atoms with van der Waals surface area (Å²) in [5.74, 6) is 1.33. The zero-order chi connectivity index (χ0) is 47.4. The lowest BCUT2D eigenvalue weighted by Crippen LogP contribution is -2.04. The first-order valence-corrected chi connectivity index (χ1v) is 24.0. The van der Waals surface area contributed by atoms with Gasteiger partial charge in [0.1, 0.15) is 17.2 Å². The van der Waals surface area contributed by atoms with Crippen LogP contribution in [0.2, 0.25) is 0 Å². The molecule has 0 spiro atoms. The van der Waals surface area contributed by atoms with Crippen LogP contribution in [-0.2, 0) is 0 Å². The molecule has 0 amide bonds. The molecule has 15 rings (SSSR count). The number of hydrogen-bond acceptors (Lipinski definition) is 5. The number of hydrogen-bond donors (Lipinski definition) is 0. The van der Waals surface area contributed by atoms with Crippen molar-refractivity contribution < 1.29 is 4.42 Å². The lowest BCUT2D eigenvalue weighted by Gasteiger charge is -2.18. The van der Waals surface area contributed by atoms with Crippen LogP contribution in [0.25, 0.3) is 139 Å². The molecule has 0 bridgehead atoms. The number of furan rings is 1. The topological polar surface area (TPSA) is 90.4 Å². The second-order valence-electron chi connectivity index (χ2n) is 18.2. The van der Waals surface area contributed by atoms with Crippen LogP contribution in [-0.4, -0.2) is 28.7 Å². The number of nitrogens with zero attached hydrogens (tertiary/aromatic N) is 7. The predicted molar refractivity (Wildman–Crippen MR) is 291 cm³/mol. The maximum absolute atomic E-state index is 11.6. The van der Waals surface area contributed by atoms with Crippen LogP contribution in [0, 0.1) is 11.3 Å². The Balaban J connectivity index is 1.15. The van der Waals surface area contributed by atoms with Crippen molar-refractivity contribution in [1.82, 2.24) is 28.7 Å². The molecule has 0 atom stereocenters. The summed E-state index contributed by atoms with van der Waals surface area (Å²) in [5, 5.41) is 20.1. The molecular formula is C64H37N7O. The average molecular weight is 920 g/mol. The standard InChI is InChI=1S/C64H37N7O/c65-38-41-36-53(57-47-30-14-19-35-55(47)72-61(57)56(41)64-67-62(39-20-4-1-5-21-39)66-63(68-64)40-22-6-2-7-23-40)71-52-34-18-13-29-46(52)58-59-48(45-28-12-15-31-49(45)69(59)42-24-8-3-9-25-42)37-54(60(58)71)70-50-32-16-10-26-43(50)44-27-11-17-33-51(44)70/h1-37H. The molecule has 5 heterocycles. The number of aromatic nitrogens is 6. The summed E-state index contributed by atoms with van der Waals surface area (Å²) in [6.07, 6.45) is 0. The third-order valence-corrected chi connectivity index (χ3v) is 14.3. The van der Waals surface area contributed by atoms with E-state index in [0.717, 1.165) is 104 Å². The third kappa shape index (κ3) is 5.70. The minimum absolute atomic E-state index is 0.345. The molecule has 0 N–H and O–H groups in total. The molecule has 0 saturated carbocycles. The van der Waals surface area contributed by atoms with Gasteiger partial charge in [0.05, 0.1) is 61.0 Å².